The molecule has 1 aromatic heterocycles. The summed E-state index contributed by atoms with van der Waals surface area (Å²) in [6.07, 6.45) is 2.28. The fourth-order valence-corrected chi connectivity index (χ4v) is 1.93. The Balaban J connectivity index is 0.00000144. The molecule has 1 N–H and O–H groups in total. The monoisotopic (exact) mass is 291 g/mol. The summed E-state index contributed by atoms with van der Waals surface area (Å²) in [6, 6.07) is 5.96. The number of amides is 1. The van der Waals surface area contributed by atoms with E-state index >= 15 is 0 Å². The predicted octanol–water partition coefficient (Wildman–Crippen LogP) is 2.05. The van der Waals surface area contributed by atoms with Gasteiger partial charge >= 0.3 is 0 Å². The van der Waals surface area contributed by atoms with Crippen molar-refractivity contribution in [3.05, 3.63) is 29.6 Å². The highest BCUT2D eigenvalue weighted by atomic mass is 35.5. The van der Waals surface area contributed by atoms with Crippen LogP contribution in [-0.2, 0) is 0 Å². The van der Waals surface area contributed by atoms with E-state index in [1.165, 1.54) is 6.42 Å². The van der Waals surface area contributed by atoms with Gasteiger partial charge in [-0.1, -0.05) is 6.07 Å². The lowest BCUT2D eigenvalue weighted by molar-refractivity contribution is 0.0821. The van der Waals surface area contributed by atoms with Gasteiger partial charge in [0.1, 0.15) is 5.69 Å². The largest absolute Gasteiger partial charge is 0.343 e. The number of pyridine rings is 1. The van der Waals surface area contributed by atoms with Crippen LogP contribution in [0.5, 0.6) is 0 Å². The molecule has 1 aliphatic heterocycles. The van der Waals surface area contributed by atoms with Gasteiger partial charge in [-0.15, -0.1) is 24.8 Å². The van der Waals surface area contributed by atoms with E-state index in [-0.39, 0.29) is 30.7 Å². The highest BCUT2D eigenvalue weighted by Crippen LogP contribution is 2.21. The number of nitrogens with zero attached hydrogens (tertiary/aromatic N) is 2. The van der Waals surface area contributed by atoms with Crippen molar-refractivity contribution in [2.24, 2.45) is 0 Å². The van der Waals surface area contributed by atoms with Crippen molar-refractivity contribution in [2.45, 2.75) is 18.9 Å². The first kappa shape index (κ1) is 17.2. The van der Waals surface area contributed by atoms with Crippen LogP contribution in [0, 0.1) is 0 Å². The Morgan fingerprint density at radius 1 is 1.39 bits per heavy atom. The van der Waals surface area contributed by atoms with E-state index in [1.807, 2.05) is 12.1 Å². The van der Waals surface area contributed by atoms with Gasteiger partial charge in [-0.3, -0.25) is 4.79 Å². The molecule has 2 heterocycles. The molecule has 0 spiro atoms. The molecule has 0 saturated carbocycles. The average Bonchev–Trinajstić information content (AvgIpc) is 2.81. The first-order valence-electron chi connectivity index (χ1n) is 5.60. The van der Waals surface area contributed by atoms with Crippen molar-refractivity contribution >= 4 is 30.7 Å². The van der Waals surface area contributed by atoms with Crippen molar-refractivity contribution < 1.29 is 4.79 Å². The summed E-state index contributed by atoms with van der Waals surface area (Å²) in [4.78, 5) is 17.7. The first-order valence-corrected chi connectivity index (χ1v) is 5.60. The molecular weight excluding hydrogens is 273 g/mol. The number of halogens is 2. The maximum absolute atomic E-state index is 11.8. The Morgan fingerprint density at radius 2 is 2.11 bits per heavy atom. The third kappa shape index (κ3) is 3.83. The molecule has 18 heavy (non-hydrogen) atoms. The molecule has 102 valence electrons. The Bertz CT molecular complexity index is 393. The molecule has 6 heteroatoms. The van der Waals surface area contributed by atoms with Gasteiger partial charge in [0.2, 0.25) is 0 Å². The fourth-order valence-electron chi connectivity index (χ4n) is 1.93. The van der Waals surface area contributed by atoms with E-state index < -0.39 is 0 Å². The molecule has 0 aromatic carbocycles. The molecule has 0 bridgehead atoms. The normalized spacial score (nSPS) is 17.6. The Labute approximate surface area is 120 Å². The van der Waals surface area contributed by atoms with Gasteiger partial charge in [0.15, 0.2) is 0 Å². The van der Waals surface area contributed by atoms with E-state index in [2.05, 4.69) is 10.3 Å². The van der Waals surface area contributed by atoms with E-state index in [0.29, 0.717) is 11.7 Å². The van der Waals surface area contributed by atoms with Gasteiger partial charge in [0.25, 0.3) is 5.91 Å². The highest BCUT2D eigenvalue weighted by molar-refractivity contribution is 5.91. The summed E-state index contributed by atoms with van der Waals surface area (Å²) in [7, 11) is 3.48. The van der Waals surface area contributed by atoms with Crippen LogP contribution in [0.25, 0.3) is 0 Å². The van der Waals surface area contributed by atoms with E-state index in [0.717, 1.165) is 18.7 Å². The van der Waals surface area contributed by atoms with Crippen LogP contribution in [0.1, 0.15) is 35.1 Å². The summed E-state index contributed by atoms with van der Waals surface area (Å²) in [5.41, 5.74) is 1.50. The zero-order valence-corrected chi connectivity index (χ0v) is 12.2. The molecular formula is C12H19Cl2N3O. The quantitative estimate of drug-likeness (QED) is 0.907. The van der Waals surface area contributed by atoms with Crippen LogP contribution in [0.15, 0.2) is 18.2 Å². The molecule has 2 rings (SSSR count). The molecule has 1 fully saturated rings. The molecule has 1 saturated heterocycles. The minimum Gasteiger partial charge on any atom is -0.343 e. The molecule has 4 nitrogen and oxygen atoms in total. The van der Waals surface area contributed by atoms with Gasteiger partial charge in [-0.25, -0.2) is 4.98 Å². The second kappa shape index (κ2) is 7.56. The Kier molecular flexibility index (Phi) is 7.21. The van der Waals surface area contributed by atoms with Crippen molar-refractivity contribution in [3.8, 4) is 0 Å². The number of carbonyl (C=O) groups excluding carboxylic acids is 1. The van der Waals surface area contributed by atoms with Gasteiger partial charge in [-0.2, -0.15) is 0 Å². The SMILES string of the molecule is CN(C)C(=O)c1cccc(C2CCCN2)n1.Cl.Cl. The summed E-state index contributed by atoms with van der Waals surface area (Å²) in [6.45, 7) is 1.04. The minimum atomic E-state index is -0.0418. The van der Waals surface area contributed by atoms with Crippen LogP contribution in [0.3, 0.4) is 0 Å². The van der Waals surface area contributed by atoms with Gasteiger partial charge in [0, 0.05) is 20.1 Å². The predicted molar refractivity (Wildman–Crippen MR) is 76.7 cm³/mol. The van der Waals surface area contributed by atoms with Crippen molar-refractivity contribution in [2.75, 3.05) is 20.6 Å². The third-order valence-corrected chi connectivity index (χ3v) is 2.81. The van der Waals surface area contributed by atoms with Gasteiger partial charge < -0.3 is 10.2 Å². The van der Waals surface area contributed by atoms with Crippen LogP contribution in [0.4, 0.5) is 0 Å². The maximum atomic E-state index is 11.8. The van der Waals surface area contributed by atoms with Crippen LogP contribution < -0.4 is 5.32 Å². The summed E-state index contributed by atoms with van der Waals surface area (Å²) >= 11 is 0. The van der Waals surface area contributed by atoms with Crippen molar-refractivity contribution in [1.29, 1.82) is 0 Å². The van der Waals surface area contributed by atoms with Crippen LogP contribution in [-0.4, -0.2) is 36.4 Å². The fraction of sp³-hybridized carbons (Fsp3) is 0.500. The average molecular weight is 292 g/mol. The maximum Gasteiger partial charge on any atom is 0.271 e. The lowest BCUT2D eigenvalue weighted by atomic mass is 10.1. The standard InChI is InChI=1S/C12H17N3O.2ClH/c1-15(2)12(16)11-6-3-5-10(14-11)9-7-4-8-13-9;;/h3,5-6,9,13H,4,7-8H2,1-2H3;2*1H. The van der Waals surface area contributed by atoms with Gasteiger partial charge in [-0.05, 0) is 31.5 Å². The molecule has 1 unspecified atom stereocenters. The first-order chi connectivity index (χ1) is 7.68. The highest BCUT2D eigenvalue weighted by Gasteiger charge is 2.19. The molecule has 1 aliphatic rings. The minimum absolute atomic E-state index is 0. The molecule has 0 radical (unpaired) electrons. The van der Waals surface area contributed by atoms with E-state index in [4.69, 9.17) is 0 Å². The number of hydrogen-bond acceptors (Lipinski definition) is 3. The van der Waals surface area contributed by atoms with E-state index in [1.54, 1.807) is 25.1 Å². The summed E-state index contributed by atoms with van der Waals surface area (Å²) < 4.78 is 0. The molecule has 1 amide bonds. The zero-order valence-electron chi connectivity index (χ0n) is 10.5. The van der Waals surface area contributed by atoms with Crippen LogP contribution in [0.2, 0.25) is 0 Å². The van der Waals surface area contributed by atoms with Gasteiger partial charge in [0.05, 0.1) is 5.69 Å². The number of nitrogens with one attached hydrogen (secondary N) is 1. The molecule has 1 aromatic rings. The van der Waals surface area contributed by atoms with Crippen LogP contribution >= 0.6 is 24.8 Å². The van der Waals surface area contributed by atoms with Crippen molar-refractivity contribution in [3.63, 3.8) is 0 Å². The van der Waals surface area contributed by atoms with Crippen molar-refractivity contribution in [1.82, 2.24) is 15.2 Å². The molecule has 0 aliphatic carbocycles. The lowest BCUT2D eigenvalue weighted by Gasteiger charge is -2.13. The van der Waals surface area contributed by atoms with E-state index in [9.17, 15) is 4.79 Å². The smallest absolute Gasteiger partial charge is 0.271 e. The Hall–Kier alpha value is -0.840. The number of rotatable bonds is 2. The number of carbonyl (C=O) groups is 1. The summed E-state index contributed by atoms with van der Waals surface area (Å²) in [5, 5.41) is 3.38. The second-order valence-corrected chi connectivity index (χ2v) is 4.30. The Morgan fingerprint density at radius 3 is 2.67 bits per heavy atom. The number of aromatic nitrogens is 1. The third-order valence-electron chi connectivity index (χ3n) is 2.81. The topological polar surface area (TPSA) is 45.2 Å². The second-order valence-electron chi connectivity index (χ2n) is 4.30. The number of hydrogen-bond donors (Lipinski definition) is 1. The summed E-state index contributed by atoms with van der Waals surface area (Å²) in [5.74, 6) is -0.0418. The zero-order chi connectivity index (χ0) is 11.5. The molecule has 1 atom stereocenters. The lowest BCUT2D eigenvalue weighted by Crippen LogP contribution is -2.24.